The van der Waals surface area contributed by atoms with E-state index in [1.165, 1.54) is 0 Å². The molecule has 1 amide bonds. The summed E-state index contributed by atoms with van der Waals surface area (Å²) >= 11 is 11.9. The van der Waals surface area contributed by atoms with Gasteiger partial charge in [0.05, 0.1) is 23.3 Å². The highest BCUT2D eigenvalue weighted by atomic mass is 35.5. The molecule has 1 rings (SSSR count). The van der Waals surface area contributed by atoms with Crippen LogP contribution in [0, 0.1) is 0 Å². The summed E-state index contributed by atoms with van der Waals surface area (Å²) in [7, 11) is 0. The molecule has 5 nitrogen and oxygen atoms in total. The van der Waals surface area contributed by atoms with Crippen LogP contribution in [0.2, 0.25) is 10.0 Å². The molecule has 0 heterocycles. The Kier molecular flexibility index (Phi) is 6.95. The number of nitrogens with one attached hydrogen (secondary N) is 1. The smallest absolute Gasteiger partial charge is 0.317 e. The number of benzene rings is 1. The molecule has 0 aliphatic heterocycles. The van der Waals surface area contributed by atoms with Crippen LogP contribution >= 0.6 is 23.2 Å². The highest BCUT2D eigenvalue weighted by Crippen LogP contribution is 2.25. The Labute approximate surface area is 133 Å². The number of anilines is 1. The van der Waals surface area contributed by atoms with Crippen molar-refractivity contribution in [3.8, 4) is 0 Å². The van der Waals surface area contributed by atoms with Crippen molar-refractivity contribution in [2.24, 2.45) is 0 Å². The predicted molar refractivity (Wildman–Crippen MR) is 84.1 cm³/mol. The standard InChI is InChI=1S/C14H18Cl2N2O3/c1-3-6-18(8-13(19)20)9(2)14(21)17-12-7-10(15)4-5-11(12)16/h4-5,7,9H,3,6,8H2,1-2H3,(H,17,21)(H,19,20). The van der Waals surface area contributed by atoms with Gasteiger partial charge in [0.1, 0.15) is 0 Å². The normalized spacial score (nSPS) is 12.2. The molecular formula is C14H18Cl2N2O3. The number of carbonyl (C=O) groups excluding carboxylic acids is 1. The van der Waals surface area contributed by atoms with Gasteiger partial charge in [0.2, 0.25) is 5.91 Å². The first kappa shape index (κ1) is 17.8. The number of carboxylic acids is 1. The van der Waals surface area contributed by atoms with Gasteiger partial charge in [0.15, 0.2) is 0 Å². The van der Waals surface area contributed by atoms with E-state index in [9.17, 15) is 9.59 Å². The third-order valence-corrected chi connectivity index (χ3v) is 3.53. The monoisotopic (exact) mass is 332 g/mol. The average Bonchev–Trinajstić information content (AvgIpc) is 2.41. The molecule has 0 radical (unpaired) electrons. The summed E-state index contributed by atoms with van der Waals surface area (Å²) in [6.07, 6.45) is 0.753. The van der Waals surface area contributed by atoms with Crippen molar-refractivity contribution in [2.75, 3.05) is 18.4 Å². The van der Waals surface area contributed by atoms with Crippen molar-refractivity contribution in [1.82, 2.24) is 4.90 Å². The topological polar surface area (TPSA) is 69.6 Å². The summed E-state index contributed by atoms with van der Waals surface area (Å²) in [6, 6.07) is 4.17. The Hall–Kier alpha value is -1.30. The van der Waals surface area contributed by atoms with Crippen molar-refractivity contribution in [3.05, 3.63) is 28.2 Å². The molecular weight excluding hydrogens is 315 g/mol. The van der Waals surface area contributed by atoms with Crippen LogP contribution in [-0.4, -0.2) is 41.0 Å². The Bertz CT molecular complexity index is 523. The number of carboxylic acid groups (broad SMARTS) is 1. The van der Waals surface area contributed by atoms with Crippen molar-refractivity contribution in [3.63, 3.8) is 0 Å². The van der Waals surface area contributed by atoms with Gasteiger partial charge in [-0.2, -0.15) is 0 Å². The van der Waals surface area contributed by atoms with Gasteiger partial charge >= 0.3 is 5.97 Å². The van der Waals surface area contributed by atoms with Crippen molar-refractivity contribution >= 4 is 40.8 Å². The molecule has 1 unspecified atom stereocenters. The second-order valence-corrected chi connectivity index (χ2v) is 5.50. The molecule has 7 heteroatoms. The molecule has 0 aliphatic carbocycles. The fourth-order valence-corrected chi connectivity index (χ4v) is 2.20. The Balaban J connectivity index is 2.80. The number of carbonyl (C=O) groups is 2. The zero-order valence-electron chi connectivity index (χ0n) is 11.9. The summed E-state index contributed by atoms with van der Waals surface area (Å²) in [5.74, 6) is -1.29. The van der Waals surface area contributed by atoms with Gasteiger partial charge in [-0.3, -0.25) is 14.5 Å². The molecule has 1 aromatic rings. The van der Waals surface area contributed by atoms with Crippen LogP contribution in [0.3, 0.4) is 0 Å². The zero-order valence-corrected chi connectivity index (χ0v) is 13.4. The van der Waals surface area contributed by atoms with Crippen LogP contribution in [0.4, 0.5) is 5.69 Å². The number of hydrogen-bond donors (Lipinski definition) is 2. The average molecular weight is 333 g/mol. The van der Waals surface area contributed by atoms with E-state index in [4.69, 9.17) is 28.3 Å². The third kappa shape index (κ3) is 5.53. The number of hydrogen-bond acceptors (Lipinski definition) is 3. The van der Waals surface area contributed by atoms with Crippen LogP contribution < -0.4 is 5.32 Å². The van der Waals surface area contributed by atoms with Gasteiger partial charge in [-0.25, -0.2) is 0 Å². The van der Waals surface area contributed by atoms with Crippen LogP contribution in [0.25, 0.3) is 0 Å². The maximum Gasteiger partial charge on any atom is 0.317 e. The Morgan fingerprint density at radius 3 is 2.62 bits per heavy atom. The summed E-state index contributed by atoms with van der Waals surface area (Å²) < 4.78 is 0. The fourth-order valence-electron chi connectivity index (χ4n) is 1.87. The second-order valence-electron chi connectivity index (χ2n) is 4.65. The lowest BCUT2D eigenvalue weighted by Gasteiger charge is -2.26. The van der Waals surface area contributed by atoms with E-state index in [1.54, 1.807) is 30.0 Å². The highest BCUT2D eigenvalue weighted by Gasteiger charge is 2.23. The molecule has 21 heavy (non-hydrogen) atoms. The lowest BCUT2D eigenvalue weighted by molar-refractivity contribution is -0.139. The summed E-state index contributed by atoms with van der Waals surface area (Å²) in [5, 5.41) is 12.4. The van der Waals surface area contributed by atoms with E-state index < -0.39 is 12.0 Å². The largest absolute Gasteiger partial charge is 0.480 e. The first-order valence-corrected chi connectivity index (χ1v) is 7.32. The first-order valence-electron chi connectivity index (χ1n) is 6.57. The summed E-state index contributed by atoms with van der Waals surface area (Å²) in [6.45, 7) is 3.91. The van der Waals surface area contributed by atoms with Gasteiger partial charge in [0, 0.05) is 5.02 Å². The van der Waals surface area contributed by atoms with Gasteiger partial charge in [-0.15, -0.1) is 0 Å². The number of aliphatic carboxylic acids is 1. The number of halogens is 2. The van der Waals surface area contributed by atoms with Crippen LogP contribution in [0.15, 0.2) is 18.2 Å². The molecule has 0 aromatic heterocycles. The van der Waals surface area contributed by atoms with E-state index in [0.29, 0.717) is 22.3 Å². The molecule has 2 N–H and O–H groups in total. The molecule has 0 saturated heterocycles. The Morgan fingerprint density at radius 1 is 1.38 bits per heavy atom. The Morgan fingerprint density at radius 2 is 2.05 bits per heavy atom. The van der Waals surface area contributed by atoms with E-state index in [1.807, 2.05) is 6.92 Å². The number of rotatable bonds is 7. The fraction of sp³-hybridized carbons (Fsp3) is 0.429. The highest BCUT2D eigenvalue weighted by molar-refractivity contribution is 6.35. The van der Waals surface area contributed by atoms with Crippen molar-refractivity contribution in [1.29, 1.82) is 0 Å². The minimum Gasteiger partial charge on any atom is -0.480 e. The predicted octanol–water partition coefficient (Wildman–Crippen LogP) is 3.12. The SMILES string of the molecule is CCCN(CC(=O)O)C(C)C(=O)Nc1cc(Cl)ccc1Cl. The molecule has 0 spiro atoms. The van der Waals surface area contributed by atoms with Gasteiger partial charge in [-0.1, -0.05) is 30.1 Å². The van der Waals surface area contributed by atoms with E-state index >= 15 is 0 Å². The maximum absolute atomic E-state index is 12.2. The van der Waals surface area contributed by atoms with Crippen LogP contribution in [0.1, 0.15) is 20.3 Å². The number of nitrogens with zero attached hydrogens (tertiary/aromatic N) is 1. The zero-order chi connectivity index (χ0) is 16.0. The number of amides is 1. The van der Waals surface area contributed by atoms with Gasteiger partial charge in [0.25, 0.3) is 0 Å². The van der Waals surface area contributed by atoms with E-state index in [-0.39, 0.29) is 12.5 Å². The molecule has 1 aromatic carbocycles. The second kappa shape index (κ2) is 8.22. The molecule has 1 atom stereocenters. The van der Waals surface area contributed by atoms with Gasteiger partial charge < -0.3 is 10.4 Å². The molecule has 0 fully saturated rings. The molecule has 116 valence electrons. The minimum absolute atomic E-state index is 0.189. The van der Waals surface area contributed by atoms with E-state index in [0.717, 1.165) is 6.42 Å². The summed E-state index contributed by atoms with van der Waals surface area (Å²) in [5.41, 5.74) is 0.410. The lowest BCUT2D eigenvalue weighted by atomic mass is 10.2. The van der Waals surface area contributed by atoms with Gasteiger partial charge in [-0.05, 0) is 38.1 Å². The third-order valence-electron chi connectivity index (χ3n) is 2.96. The van der Waals surface area contributed by atoms with E-state index in [2.05, 4.69) is 5.32 Å². The quantitative estimate of drug-likeness (QED) is 0.804. The molecule has 0 bridgehead atoms. The minimum atomic E-state index is -0.969. The molecule has 0 saturated carbocycles. The van der Waals surface area contributed by atoms with Crippen LogP contribution in [0.5, 0.6) is 0 Å². The van der Waals surface area contributed by atoms with Crippen molar-refractivity contribution in [2.45, 2.75) is 26.3 Å². The molecule has 0 aliphatic rings. The van der Waals surface area contributed by atoms with Crippen molar-refractivity contribution < 1.29 is 14.7 Å². The lowest BCUT2D eigenvalue weighted by Crippen LogP contribution is -2.45. The summed E-state index contributed by atoms with van der Waals surface area (Å²) in [4.78, 5) is 24.7. The van der Waals surface area contributed by atoms with Crippen LogP contribution in [-0.2, 0) is 9.59 Å². The first-order chi connectivity index (χ1) is 9.85. The maximum atomic E-state index is 12.2.